The van der Waals surface area contributed by atoms with E-state index in [0.717, 1.165) is 6.42 Å². The Labute approximate surface area is 104 Å². The Hall–Kier alpha value is -0.470. The van der Waals surface area contributed by atoms with Gasteiger partial charge >= 0.3 is 0 Å². The van der Waals surface area contributed by atoms with Crippen molar-refractivity contribution < 1.29 is 0 Å². The first kappa shape index (κ1) is 13.6. The Bertz CT molecular complexity index is 271. The fourth-order valence-electron chi connectivity index (χ4n) is 1.80. The van der Waals surface area contributed by atoms with Gasteiger partial charge in [-0.1, -0.05) is 51.1 Å². The quantitative estimate of drug-likeness (QED) is 0.731. The molecule has 0 aliphatic rings. The van der Waals surface area contributed by atoms with E-state index >= 15 is 0 Å². The first-order valence-electron chi connectivity index (χ1n) is 6.10. The smallest absolute Gasteiger partial charge is 0.0200 e. The van der Waals surface area contributed by atoms with Crippen LogP contribution in [-0.2, 0) is 6.42 Å². The fraction of sp³-hybridized carbons (Fsp3) is 0.571. The molecule has 0 spiro atoms. The molecule has 0 aliphatic carbocycles. The van der Waals surface area contributed by atoms with Crippen molar-refractivity contribution in [1.82, 2.24) is 5.32 Å². The first-order valence-corrected chi connectivity index (χ1v) is 7.25. The third-order valence-corrected chi connectivity index (χ3v) is 3.46. The van der Waals surface area contributed by atoms with E-state index in [1.54, 1.807) is 0 Å². The van der Waals surface area contributed by atoms with Gasteiger partial charge in [0.25, 0.3) is 0 Å². The van der Waals surface area contributed by atoms with Crippen molar-refractivity contribution in [2.45, 2.75) is 39.3 Å². The second-order valence-corrected chi connectivity index (χ2v) is 5.69. The molecule has 0 fully saturated rings. The minimum atomic E-state index is 0.561. The third-order valence-electron chi connectivity index (χ3n) is 2.42. The lowest BCUT2D eigenvalue weighted by Gasteiger charge is -2.21. The zero-order chi connectivity index (χ0) is 11.8. The lowest BCUT2D eigenvalue weighted by molar-refractivity contribution is 0.493. The van der Waals surface area contributed by atoms with Gasteiger partial charge in [0.1, 0.15) is 0 Å². The van der Waals surface area contributed by atoms with E-state index in [-0.39, 0.29) is 0 Å². The van der Waals surface area contributed by atoms with Crippen LogP contribution in [-0.4, -0.2) is 23.6 Å². The van der Waals surface area contributed by atoms with Crippen molar-refractivity contribution in [1.29, 1.82) is 0 Å². The van der Waals surface area contributed by atoms with E-state index in [1.165, 1.54) is 17.1 Å². The second kappa shape index (κ2) is 7.75. The molecule has 1 N–H and O–H groups in total. The largest absolute Gasteiger partial charge is 0.311 e. The number of nitrogens with one attached hydrogen (secondary N) is 1. The molecule has 2 heteroatoms. The highest BCUT2D eigenvalue weighted by atomic mass is 32.2. The van der Waals surface area contributed by atoms with Crippen molar-refractivity contribution >= 4 is 11.8 Å². The van der Waals surface area contributed by atoms with Crippen LogP contribution < -0.4 is 5.32 Å². The zero-order valence-corrected chi connectivity index (χ0v) is 11.4. The molecule has 1 atom stereocenters. The van der Waals surface area contributed by atoms with Crippen LogP contribution in [0.1, 0.15) is 26.3 Å². The molecule has 0 saturated heterocycles. The molecule has 1 rings (SSSR count). The van der Waals surface area contributed by atoms with E-state index in [2.05, 4.69) is 56.4 Å². The number of hydrogen-bond acceptors (Lipinski definition) is 2. The zero-order valence-electron chi connectivity index (χ0n) is 10.6. The van der Waals surface area contributed by atoms with Gasteiger partial charge in [-0.2, -0.15) is 11.8 Å². The lowest BCUT2D eigenvalue weighted by atomic mass is 10.1. The van der Waals surface area contributed by atoms with E-state index in [4.69, 9.17) is 0 Å². The number of benzene rings is 1. The van der Waals surface area contributed by atoms with Crippen LogP contribution in [0.4, 0.5) is 0 Å². The van der Waals surface area contributed by atoms with Crippen molar-refractivity contribution in [2.24, 2.45) is 0 Å². The summed E-state index contributed by atoms with van der Waals surface area (Å²) in [4.78, 5) is 0. The highest BCUT2D eigenvalue weighted by molar-refractivity contribution is 7.99. The topological polar surface area (TPSA) is 12.0 Å². The summed E-state index contributed by atoms with van der Waals surface area (Å²) < 4.78 is 0. The predicted molar refractivity (Wildman–Crippen MR) is 75.2 cm³/mol. The molecule has 1 aromatic rings. The molecule has 0 radical (unpaired) electrons. The average Bonchev–Trinajstić information content (AvgIpc) is 2.26. The van der Waals surface area contributed by atoms with Crippen LogP contribution in [0.15, 0.2) is 30.3 Å². The molecule has 1 aromatic carbocycles. The van der Waals surface area contributed by atoms with Crippen molar-refractivity contribution in [3.05, 3.63) is 35.9 Å². The standard InChI is InChI=1S/C14H23NS/c1-4-16-11-14(15-12(2)3)10-13-8-6-5-7-9-13/h5-9,12,14-15H,4,10-11H2,1-3H3/t14-/m0/s1/i15+1. The van der Waals surface area contributed by atoms with E-state index in [0.29, 0.717) is 12.1 Å². The van der Waals surface area contributed by atoms with Gasteiger partial charge in [0.2, 0.25) is 0 Å². The predicted octanol–water partition coefficient (Wildman–Crippen LogP) is 3.35. The molecule has 0 saturated carbocycles. The van der Waals surface area contributed by atoms with Crippen LogP contribution in [0.3, 0.4) is 0 Å². The summed E-state index contributed by atoms with van der Waals surface area (Å²) in [5, 5.41) is 3.64. The van der Waals surface area contributed by atoms with Crippen molar-refractivity contribution in [3.8, 4) is 0 Å². The Morgan fingerprint density at radius 1 is 1.19 bits per heavy atom. The molecule has 1 nitrogen and oxygen atoms in total. The maximum absolute atomic E-state index is 3.64. The van der Waals surface area contributed by atoms with Gasteiger partial charge in [0.05, 0.1) is 0 Å². The summed E-state index contributed by atoms with van der Waals surface area (Å²) in [5.41, 5.74) is 1.43. The number of hydrogen-bond donors (Lipinski definition) is 1. The van der Waals surface area contributed by atoms with Crippen molar-refractivity contribution in [3.63, 3.8) is 0 Å². The molecular formula is C14H23NS. The van der Waals surface area contributed by atoms with Gasteiger partial charge in [-0.25, -0.2) is 0 Å². The van der Waals surface area contributed by atoms with Crippen molar-refractivity contribution in [2.75, 3.05) is 11.5 Å². The molecular weight excluding hydrogens is 215 g/mol. The van der Waals surface area contributed by atoms with E-state index < -0.39 is 0 Å². The maximum Gasteiger partial charge on any atom is 0.0200 e. The third kappa shape index (κ3) is 5.57. The fourth-order valence-corrected chi connectivity index (χ4v) is 2.53. The molecule has 0 heterocycles. The minimum absolute atomic E-state index is 0.561. The van der Waals surface area contributed by atoms with E-state index in [1.807, 2.05) is 11.8 Å². The van der Waals surface area contributed by atoms with Gasteiger partial charge in [-0.15, -0.1) is 0 Å². The van der Waals surface area contributed by atoms with Crippen LogP contribution in [0.2, 0.25) is 0 Å². The average molecular weight is 238 g/mol. The van der Waals surface area contributed by atoms with Crippen LogP contribution in [0.5, 0.6) is 0 Å². The number of rotatable bonds is 7. The molecule has 0 unspecified atom stereocenters. The Balaban J connectivity index is 2.49. The highest BCUT2D eigenvalue weighted by Crippen LogP contribution is 2.09. The van der Waals surface area contributed by atoms with Gasteiger partial charge in [-0.3, -0.25) is 0 Å². The summed E-state index contributed by atoms with van der Waals surface area (Å²) in [6, 6.07) is 11.9. The lowest BCUT2D eigenvalue weighted by Crippen LogP contribution is -2.38. The van der Waals surface area contributed by atoms with Gasteiger partial charge in [0.15, 0.2) is 0 Å². The monoisotopic (exact) mass is 238 g/mol. The Morgan fingerprint density at radius 3 is 2.44 bits per heavy atom. The highest BCUT2D eigenvalue weighted by Gasteiger charge is 2.10. The minimum Gasteiger partial charge on any atom is -0.311 e. The van der Waals surface area contributed by atoms with E-state index in [9.17, 15) is 0 Å². The maximum atomic E-state index is 3.64. The summed E-state index contributed by atoms with van der Waals surface area (Å²) >= 11 is 2.01. The molecule has 0 aromatic heterocycles. The van der Waals surface area contributed by atoms with Gasteiger partial charge < -0.3 is 5.32 Å². The number of thioether (sulfide) groups is 1. The summed E-state index contributed by atoms with van der Waals surface area (Å²) in [6.07, 6.45) is 1.13. The summed E-state index contributed by atoms with van der Waals surface area (Å²) in [5.74, 6) is 2.40. The molecule has 90 valence electrons. The van der Waals surface area contributed by atoms with Gasteiger partial charge in [0, 0.05) is 17.8 Å². The van der Waals surface area contributed by atoms with Crippen LogP contribution in [0, 0.1) is 0 Å². The molecule has 0 bridgehead atoms. The molecule has 0 aliphatic heterocycles. The SMILES string of the molecule is CCSC[C@H](Cc1ccccc1)[15NH]C(C)C. The summed E-state index contributed by atoms with van der Waals surface area (Å²) in [7, 11) is 0. The van der Waals surface area contributed by atoms with Crippen LogP contribution in [0.25, 0.3) is 0 Å². The van der Waals surface area contributed by atoms with Crippen LogP contribution >= 0.6 is 11.8 Å². The normalized spacial score (nSPS) is 13.0. The molecule has 16 heavy (non-hydrogen) atoms. The van der Waals surface area contributed by atoms with Gasteiger partial charge in [-0.05, 0) is 17.7 Å². The second-order valence-electron chi connectivity index (χ2n) is 4.37. The Kier molecular flexibility index (Phi) is 6.58. The Morgan fingerprint density at radius 2 is 1.88 bits per heavy atom. The molecule has 0 amide bonds. The summed E-state index contributed by atoms with van der Waals surface area (Å²) in [6.45, 7) is 6.66. The first-order chi connectivity index (χ1) is 7.72.